The van der Waals surface area contributed by atoms with Crippen LogP contribution >= 0.6 is 0 Å². The fourth-order valence-electron chi connectivity index (χ4n) is 4.62. The average Bonchev–Trinajstić information content (AvgIpc) is 3.46. The van der Waals surface area contributed by atoms with Gasteiger partial charge in [-0.2, -0.15) is 0 Å². The molecule has 3 aromatic rings. The molecule has 0 bridgehead atoms. The number of aromatic nitrogens is 2. The fourth-order valence-corrected chi connectivity index (χ4v) is 4.62. The second-order valence-corrected chi connectivity index (χ2v) is 9.44. The number of hydrogen-bond donors (Lipinski definition) is 4. The molecule has 4 N–H and O–H groups in total. The van der Waals surface area contributed by atoms with Crippen LogP contribution in [-0.2, 0) is 4.74 Å². The summed E-state index contributed by atoms with van der Waals surface area (Å²) in [6, 6.07) is 11.5. The zero-order valence-electron chi connectivity index (χ0n) is 21.8. The standard InChI is InChI=1S/C27H33F2N5O5/c1-17-25(34(21-6-4-3-5-7-21)32-26(17)39-16-22(36)15-35)31-27(37)30-24-14-33(8-9-38-2)13-23(24)18-10-19(28)12-20(29)11-18/h3-7,10-12,22-24,35-36H,8-9,13-16H2,1-2H3,(H2,30,31,37)/t22-,23-,24+/m0/s1. The summed E-state index contributed by atoms with van der Waals surface area (Å²) in [6.45, 7) is 3.10. The van der Waals surface area contributed by atoms with Crippen molar-refractivity contribution in [1.29, 1.82) is 0 Å². The third-order valence-electron chi connectivity index (χ3n) is 6.57. The number of aliphatic hydroxyl groups excluding tert-OH is 2. The number of carbonyl (C=O) groups is 1. The van der Waals surface area contributed by atoms with Crippen LogP contribution in [0.1, 0.15) is 17.0 Å². The van der Waals surface area contributed by atoms with E-state index in [4.69, 9.17) is 14.6 Å². The Bertz CT molecular complexity index is 1240. The van der Waals surface area contributed by atoms with E-state index in [-0.39, 0.29) is 18.4 Å². The minimum absolute atomic E-state index is 0.181. The largest absolute Gasteiger partial charge is 0.474 e. The van der Waals surface area contributed by atoms with Gasteiger partial charge in [-0.3, -0.25) is 10.2 Å². The summed E-state index contributed by atoms with van der Waals surface area (Å²) < 4.78 is 40.3. The summed E-state index contributed by atoms with van der Waals surface area (Å²) in [5.74, 6) is -1.18. The van der Waals surface area contributed by atoms with Gasteiger partial charge in [-0.25, -0.2) is 18.3 Å². The molecule has 4 rings (SSSR count). The van der Waals surface area contributed by atoms with E-state index in [2.05, 4.69) is 20.6 Å². The van der Waals surface area contributed by atoms with Crippen LogP contribution in [0.25, 0.3) is 5.69 Å². The predicted octanol–water partition coefficient (Wildman–Crippen LogP) is 2.43. The highest BCUT2D eigenvalue weighted by Gasteiger charge is 2.35. The van der Waals surface area contributed by atoms with Gasteiger partial charge >= 0.3 is 6.03 Å². The predicted molar refractivity (Wildman–Crippen MR) is 140 cm³/mol. The molecule has 1 saturated heterocycles. The third-order valence-corrected chi connectivity index (χ3v) is 6.57. The normalized spacial score (nSPS) is 18.2. The van der Waals surface area contributed by atoms with Crippen molar-refractivity contribution >= 4 is 11.8 Å². The molecule has 1 aromatic heterocycles. The van der Waals surface area contributed by atoms with E-state index in [0.29, 0.717) is 48.9 Å². The molecule has 1 aliphatic heterocycles. The first-order chi connectivity index (χ1) is 18.8. The van der Waals surface area contributed by atoms with Gasteiger partial charge in [0.05, 0.1) is 30.5 Å². The Hall–Kier alpha value is -3.58. The SMILES string of the molecule is COCCN1C[C@@H](NC(=O)Nc2c(C)c(OC[C@@H](O)CO)nn2-c2ccccc2)[C@H](c2cc(F)cc(F)c2)C1. The van der Waals surface area contributed by atoms with Crippen molar-refractivity contribution in [3.63, 3.8) is 0 Å². The monoisotopic (exact) mass is 545 g/mol. The Morgan fingerprint density at radius 2 is 1.90 bits per heavy atom. The quantitative estimate of drug-likeness (QED) is 0.292. The van der Waals surface area contributed by atoms with E-state index < -0.39 is 36.4 Å². The number of halogens is 2. The van der Waals surface area contributed by atoms with E-state index in [1.54, 1.807) is 26.2 Å². The molecule has 0 radical (unpaired) electrons. The second kappa shape index (κ2) is 13.0. The van der Waals surface area contributed by atoms with Crippen LogP contribution in [0.4, 0.5) is 19.4 Å². The van der Waals surface area contributed by atoms with Crippen molar-refractivity contribution in [3.8, 4) is 11.6 Å². The number of ether oxygens (including phenoxy) is 2. The smallest absolute Gasteiger partial charge is 0.320 e. The van der Waals surface area contributed by atoms with Crippen LogP contribution in [-0.4, -0.2) is 89.6 Å². The van der Waals surface area contributed by atoms with Crippen molar-refractivity contribution in [3.05, 3.63) is 71.3 Å². The number of urea groups is 1. The van der Waals surface area contributed by atoms with Crippen LogP contribution in [0.5, 0.6) is 5.88 Å². The van der Waals surface area contributed by atoms with Crippen LogP contribution in [0.15, 0.2) is 48.5 Å². The molecule has 39 heavy (non-hydrogen) atoms. The molecule has 0 aliphatic carbocycles. The molecule has 2 heterocycles. The van der Waals surface area contributed by atoms with Crippen molar-refractivity contribution < 1.29 is 33.3 Å². The Morgan fingerprint density at radius 1 is 1.18 bits per heavy atom. The number of rotatable bonds is 11. The number of nitrogens with zero attached hydrogens (tertiary/aromatic N) is 3. The van der Waals surface area contributed by atoms with E-state index in [1.165, 1.54) is 16.8 Å². The number of anilines is 1. The van der Waals surface area contributed by atoms with Gasteiger partial charge in [-0.1, -0.05) is 18.2 Å². The maximum atomic E-state index is 14.0. The van der Waals surface area contributed by atoms with Crippen LogP contribution < -0.4 is 15.4 Å². The molecule has 1 fully saturated rings. The topological polar surface area (TPSA) is 121 Å². The molecule has 2 amide bonds. The highest BCUT2D eigenvalue weighted by atomic mass is 19.1. The van der Waals surface area contributed by atoms with E-state index in [1.807, 2.05) is 18.2 Å². The van der Waals surface area contributed by atoms with Crippen molar-refractivity contribution in [2.24, 2.45) is 0 Å². The number of nitrogens with one attached hydrogen (secondary N) is 2. The van der Waals surface area contributed by atoms with Crippen LogP contribution in [0.2, 0.25) is 0 Å². The number of aliphatic hydroxyl groups is 2. The molecule has 0 spiro atoms. The molecular formula is C27H33F2N5O5. The average molecular weight is 546 g/mol. The molecule has 210 valence electrons. The van der Waals surface area contributed by atoms with Gasteiger partial charge in [0, 0.05) is 38.7 Å². The zero-order chi connectivity index (χ0) is 27.9. The van der Waals surface area contributed by atoms with E-state index in [9.17, 15) is 18.7 Å². The number of para-hydroxylation sites is 1. The number of benzene rings is 2. The minimum Gasteiger partial charge on any atom is -0.474 e. The van der Waals surface area contributed by atoms with Crippen molar-refractivity contribution in [2.75, 3.05) is 51.9 Å². The first-order valence-corrected chi connectivity index (χ1v) is 12.6. The van der Waals surface area contributed by atoms with Gasteiger partial charge in [0.1, 0.15) is 30.2 Å². The molecule has 10 nitrogen and oxygen atoms in total. The summed E-state index contributed by atoms with van der Waals surface area (Å²) in [4.78, 5) is 15.4. The number of likely N-dealkylation sites (tertiary alicyclic amines) is 1. The lowest BCUT2D eigenvalue weighted by Crippen LogP contribution is -2.42. The molecule has 1 aliphatic rings. The van der Waals surface area contributed by atoms with Gasteiger partial charge in [0.15, 0.2) is 0 Å². The highest BCUT2D eigenvalue weighted by molar-refractivity contribution is 5.90. The summed E-state index contributed by atoms with van der Waals surface area (Å²) in [5, 5.41) is 29.1. The Labute approximate surface area is 225 Å². The van der Waals surface area contributed by atoms with Gasteiger partial charge < -0.3 is 25.0 Å². The Balaban J connectivity index is 1.57. The number of hydrogen-bond acceptors (Lipinski definition) is 7. The minimum atomic E-state index is -1.08. The third kappa shape index (κ3) is 7.09. The Kier molecular flexibility index (Phi) is 9.46. The summed E-state index contributed by atoms with van der Waals surface area (Å²) in [5.41, 5.74) is 1.63. The highest BCUT2D eigenvalue weighted by Crippen LogP contribution is 2.31. The molecule has 2 aromatic carbocycles. The van der Waals surface area contributed by atoms with Crippen molar-refractivity contribution in [2.45, 2.75) is 25.0 Å². The lowest BCUT2D eigenvalue weighted by atomic mass is 9.94. The molecule has 0 unspecified atom stereocenters. The molecule has 3 atom stereocenters. The van der Waals surface area contributed by atoms with E-state index >= 15 is 0 Å². The first kappa shape index (κ1) is 28.4. The first-order valence-electron chi connectivity index (χ1n) is 12.6. The van der Waals surface area contributed by atoms with Gasteiger partial charge in [-0.05, 0) is 36.8 Å². The molecular weight excluding hydrogens is 512 g/mol. The van der Waals surface area contributed by atoms with Gasteiger partial charge in [-0.15, -0.1) is 5.10 Å². The molecule has 12 heteroatoms. The Morgan fingerprint density at radius 3 is 2.56 bits per heavy atom. The number of methoxy groups -OCH3 is 1. The second-order valence-electron chi connectivity index (χ2n) is 9.44. The maximum Gasteiger partial charge on any atom is 0.320 e. The summed E-state index contributed by atoms with van der Waals surface area (Å²) in [7, 11) is 1.60. The van der Waals surface area contributed by atoms with Crippen LogP contribution in [0, 0.1) is 18.6 Å². The lowest BCUT2D eigenvalue weighted by molar-refractivity contribution is 0.0518. The van der Waals surface area contributed by atoms with Gasteiger partial charge in [0.25, 0.3) is 0 Å². The van der Waals surface area contributed by atoms with E-state index in [0.717, 1.165) is 6.07 Å². The number of carbonyl (C=O) groups excluding carboxylic acids is 1. The molecule has 0 saturated carbocycles. The number of amides is 2. The zero-order valence-corrected chi connectivity index (χ0v) is 21.8. The van der Waals surface area contributed by atoms with Gasteiger partial charge in [0.2, 0.25) is 5.88 Å². The fraction of sp³-hybridized carbons (Fsp3) is 0.407. The summed E-state index contributed by atoms with van der Waals surface area (Å²) >= 11 is 0. The lowest BCUT2D eigenvalue weighted by Gasteiger charge is -2.21. The van der Waals surface area contributed by atoms with Crippen LogP contribution in [0.3, 0.4) is 0 Å². The summed E-state index contributed by atoms with van der Waals surface area (Å²) in [6.07, 6.45) is -1.08. The van der Waals surface area contributed by atoms with Crippen molar-refractivity contribution in [1.82, 2.24) is 20.0 Å². The maximum absolute atomic E-state index is 14.0.